The summed E-state index contributed by atoms with van der Waals surface area (Å²) in [5, 5.41) is 2.21. The molecule has 0 aliphatic heterocycles. The van der Waals surface area contributed by atoms with Gasteiger partial charge < -0.3 is 9.73 Å². The third-order valence-corrected chi connectivity index (χ3v) is 3.62. The van der Waals surface area contributed by atoms with Crippen molar-refractivity contribution in [2.75, 3.05) is 6.54 Å². The largest absolute Gasteiger partial charge is 0.455 e. The van der Waals surface area contributed by atoms with E-state index in [-0.39, 0.29) is 5.82 Å². The molecule has 22 heavy (non-hydrogen) atoms. The molecule has 3 aromatic rings. The minimum Gasteiger partial charge on any atom is -0.455 e. The summed E-state index contributed by atoms with van der Waals surface area (Å²) in [6.45, 7) is 1.76. The van der Waals surface area contributed by atoms with Crippen LogP contribution in [0.3, 0.4) is 0 Å². The van der Waals surface area contributed by atoms with E-state index in [1.807, 2.05) is 54.6 Å². The normalized spacial score (nSPS) is 10.8. The molecule has 0 fully saturated rings. The Labute approximate surface area is 129 Å². The van der Waals surface area contributed by atoms with E-state index in [2.05, 4.69) is 5.32 Å². The molecule has 0 saturated carbocycles. The Bertz CT molecular complexity index is 704. The summed E-state index contributed by atoms with van der Waals surface area (Å²) in [7, 11) is 0. The number of quaternary nitrogens is 1. The minimum absolute atomic E-state index is 0.184. The third-order valence-electron chi connectivity index (χ3n) is 3.62. The van der Waals surface area contributed by atoms with Gasteiger partial charge in [-0.05, 0) is 29.8 Å². The van der Waals surface area contributed by atoms with Crippen LogP contribution in [0.15, 0.2) is 71.1 Å². The van der Waals surface area contributed by atoms with E-state index in [1.54, 1.807) is 0 Å². The lowest BCUT2D eigenvalue weighted by atomic mass is 10.1. The first-order valence-corrected chi connectivity index (χ1v) is 7.51. The first kappa shape index (κ1) is 14.5. The minimum atomic E-state index is -0.184. The zero-order valence-corrected chi connectivity index (χ0v) is 12.3. The van der Waals surface area contributed by atoms with E-state index in [0.717, 1.165) is 42.2 Å². The van der Waals surface area contributed by atoms with Crippen LogP contribution in [0.5, 0.6) is 0 Å². The summed E-state index contributed by atoms with van der Waals surface area (Å²) in [6.07, 6.45) is 0.923. The molecule has 3 rings (SSSR count). The summed E-state index contributed by atoms with van der Waals surface area (Å²) in [6, 6.07) is 20.8. The number of nitrogens with two attached hydrogens (primary N) is 1. The van der Waals surface area contributed by atoms with Gasteiger partial charge in [-0.25, -0.2) is 4.39 Å². The van der Waals surface area contributed by atoms with Gasteiger partial charge >= 0.3 is 0 Å². The first-order valence-electron chi connectivity index (χ1n) is 7.51. The van der Waals surface area contributed by atoms with Crippen molar-refractivity contribution in [3.05, 3.63) is 83.9 Å². The Morgan fingerprint density at radius 3 is 2.41 bits per heavy atom. The highest BCUT2D eigenvalue weighted by molar-refractivity contribution is 5.57. The maximum Gasteiger partial charge on any atom is 0.158 e. The van der Waals surface area contributed by atoms with Gasteiger partial charge in [0, 0.05) is 12.0 Å². The standard InChI is InChI=1S/C19H18FNO/c20-17-8-6-15(7-9-17)12-13-21-14-18-10-11-19(22-18)16-4-2-1-3-5-16/h1-11,21H,12-14H2/p+1. The van der Waals surface area contributed by atoms with Crippen molar-refractivity contribution >= 4 is 0 Å². The highest BCUT2D eigenvalue weighted by atomic mass is 19.1. The van der Waals surface area contributed by atoms with E-state index in [1.165, 1.54) is 12.1 Å². The summed E-state index contributed by atoms with van der Waals surface area (Å²) in [4.78, 5) is 0. The molecular weight excluding hydrogens is 277 g/mol. The topological polar surface area (TPSA) is 29.8 Å². The second-order valence-corrected chi connectivity index (χ2v) is 5.29. The number of furan rings is 1. The van der Waals surface area contributed by atoms with Crippen molar-refractivity contribution in [2.45, 2.75) is 13.0 Å². The Morgan fingerprint density at radius 1 is 0.864 bits per heavy atom. The van der Waals surface area contributed by atoms with Crippen molar-refractivity contribution in [3.63, 3.8) is 0 Å². The Morgan fingerprint density at radius 2 is 1.64 bits per heavy atom. The molecule has 2 aromatic carbocycles. The number of hydrogen-bond donors (Lipinski definition) is 1. The average molecular weight is 296 g/mol. The molecule has 112 valence electrons. The van der Waals surface area contributed by atoms with Crippen molar-refractivity contribution in [2.24, 2.45) is 0 Å². The molecule has 0 spiro atoms. The second kappa shape index (κ2) is 7.05. The van der Waals surface area contributed by atoms with Crippen LogP contribution in [0.2, 0.25) is 0 Å². The van der Waals surface area contributed by atoms with Crippen LogP contribution in [-0.2, 0) is 13.0 Å². The molecule has 0 amide bonds. The van der Waals surface area contributed by atoms with Gasteiger partial charge in [0.15, 0.2) is 5.76 Å². The number of hydrogen-bond acceptors (Lipinski definition) is 1. The summed E-state index contributed by atoms with van der Waals surface area (Å²) >= 11 is 0. The van der Waals surface area contributed by atoms with Crippen molar-refractivity contribution in [1.82, 2.24) is 0 Å². The van der Waals surface area contributed by atoms with Crippen LogP contribution in [0.25, 0.3) is 11.3 Å². The van der Waals surface area contributed by atoms with E-state index in [4.69, 9.17) is 4.42 Å². The quantitative estimate of drug-likeness (QED) is 0.694. The number of halogens is 1. The van der Waals surface area contributed by atoms with E-state index < -0.39 is 0 Å². The lowest BCUT2D eigenvalue weighted by Gasteiger charge is -2.01. The fourth-order valence-electron chi connectivity index (χ4n) is 2.41. The average Bonchev–Trinajstić information content (AvgIpc) is 3.03. The Kier molecular flexibility index (Phi) is 4.66. The maximum atomic E-state index is 12.8. The molecule has 0 aliphatic carbocycles. The lowest BCUT2D eigenvalue weighted by molar-refractivity contribution is -0.671. The van der Waals surface area contributed by atoms with E-state index in [0.29, 0.717) is 0 Å². The molecule has 0 saturated heterocycles. The molecule has 2 N–H and O–H groups in total. The molecule has 0 atom stereocenters. The van der Waals surface area contributed by atoms with E-state index >= 15 is 0 Å². The summed E-state index contributed by atoms with van der Waals surface area (Å²) < 4.78 is 18.7. The highest BCUT2D eigenvalue weighted by Gasteiger charge is 2.05. The molecule has 1 aromatic heterocycles. The number of benzene rings is 2. The van der Waals surface area contributed by atoms with Crippen molar-refractivity contribution in [1.29, 1.82) is 0 Å². The fourth-order valence-corrected chi connectivity index (χ4v) is 2.41. The number of rotatable bonds is 6. The van der Waals surface area contributed by atoms with Gasteiger partial charge in [-0.1, -0.05) is 42.5 Å². The fraction of sp³-hybridized carbons (Fsp3) is 0.158. The predicted octanol–water partition coefficient (Wildman–Crippen LogP) is 3.39. The van der Waals surface area contributed by atoms with Crippen molar-refractivity contribution < 1.29 is 14.1 Å². The summed E-state index contributed by atoms with van der Waals surface area (Å²) in [5.41, 5.74) is 2.25. The summed E-state index contributed by atoms with van der Waals surface area (Å²) in [5.74, 6) is 1.69. The van der Waals surface area contributed by atoms with Gasteiger partial charge in [0.05, 0.1) is 6.54 Å². The van der Waals surface area contributed by atoms with Crippen molar-refractivity contribution in [3.8, 4) is 11.3 Å². The van der Waals surface area contributed by atoms with Crippen LogP contribution in [0.4, 0.5) is 4.39 Å². The van der Waals surface area contributed by atoms with Crippen LogP contribution < -0.4 is 5.32 Å². The van der Waals surface area contributed by atoms with Gasteiger partial charge in [-0.15, -0.1) is 0 Å². The second-order valence-electron chi connectivity index (χ2n) is 5.29. The van der Waals surface area contributed by atoms with Crippen LogP contribution in [0, 0.1) is 5.82 Å². The van der Waals surface area contributed by atoms with Gasteiger partial charge in [0.1, 0.15) is 18.1 Å². The molecular formula is C19H19FNO+. The highest BCUT2D eigenvalue weighted by Crippen LogP contribution is 2.21. The zero-order chi connectivity index (χ0) is 15.2. The smallest absolute Gasteiger partial charge is 0.158 e. The maximum absolute atomic E-state index is 12.8. The first-order chi connectivity index (χ1) is 10.8. The molecule has 0 bridgehead atoms. The van der Waals surface area contributed by atoms with E-state index in [9.17, 15) is 4.39 Å². The SMILES string of the molecule is Fc1ccc(CC[NH2+]Cc2ccc(-c3ccccc3)o2)cc1. The predicted molar refractivity (Wildman–Crippen MR) is 84.7 cm³/mol. The van der Waals surface area contributed by atoms with Gasteiger partial charge in [-0.2, -0.15) is 0 Å². The molecule has 0 radical (unpaired) electrons. The Balaban J connectivity index is 1.48. The Hall–Kier alpha value is -2.39. The third kappa shape index (κ3) is 3.83. The van der Waals surface area contributed by atoms with Gasteiger partial charge in [0.2, 0.25) is 0 Å². The monoisotopic (exact) mass is 296 g/mol. The van der Waals surface area contributed by atoms with Crippen LogP contribution in [0.1, 0.15) is 11.3 Å². The zero-order valence-electron chi connectivity index (χ0n) is 12.3. The molecule has 1 heterocycles. The molecule has 3 heteroatoms. The lowest BCUT2D eigenvalue weighted by Crippen LogP contribution is -2.83. The van der Waals surface area contributed by atoms with Crippen LogP contribution in [-0.4, -0.2) is 6.54 Å². The molecule has 0 aliphatic rings. The van der Waals surface area contributed by atoms with Gasteiger partial charge in [-0.3, -0.25) is 0 Å². The molecule has 2 nitrogen and oxygen atoms in total. The molecule has 0 unspecified atom stereocenters. The van der Waals surface area contributed by atoms with Gasteiger partial charge in [0.25, 0.3) is 0 Å². The van der Waals surface area contributed by atoms with Crippen LogP contribution >= 0.6 is 0 Å².